The minimum absolute atomic E-state index is 0. The normalized spacial score (nSPS) is 18.2. The molecule has 10 nitrogen and oxygen atoms in total. The fourth-order valence-corrected chi connectivity index (χ4v) is 4.70. The number of nitrogens with one attached hydrogen (secondary N) is 2. The maximum absolute atomic E-state index is 13.3. The first-order chi connectivity index (χ1) is 17.3. The molecule has 0 saturated carbocycles. The first-order valence-corrected chi connectivity index (χ1v) is 13.4. The third-order valence-corrected chi connectivity index (χ3v) is 7.12. The van der Waals surface area contributed by atoms with Crippen molar-refractivity contribution in [2.24, 2.45) is 0 Å². The van der Waals surface area contributed by atoms with E-state index in [0.29, 0.717) is 12.8 Å². The molecule has 200 valence electrons. The predicted octanol–water partition coefficient (Wildman–Crippen LogP) is 0.492. The number of nitrogens with zero attached hydrogens (tertiary/aromatic N) is 1. The molecule has 3 unspecified atom stereocenters. The van der Waals surface area contributed by atoms with Crippen LogP contribution in [0.15, 0.2) is 54.6 Å². The van der Waals surface area contributed by atoms with E-state index >= 15 is 0 Å². The van der Waals surface area contributed by atoms with Crippen LogP contribution in [0.2, 0.25) is 0 Å². The molecule has 0 spiro atoms. The molecule has 0 aromatic heterocycles. The molecule has 3 rings (SSSR count). The van der Waals surface area contributed by atoms with Crippen molar-refractivity contribution in [3.05, 3.63) is 65.7 Å². The van der Waals surface area contributed by atoms with Crippen molar-refractivity contribution in [1.29, 1.82) is 0 Å². The summed E-state index contributed by atoms with van der Waals surface area (Å²) in [6, 6.07) is 13.4. The molecule has 0 aliphatic carbocycles. The molecule has 3 atom stereocenters. The minimum Gasteiger partial charge on any atom is -0.747 e. The number of esters is 1. The monoisotopic (exact) mass is 569 g/mol. The Balaban J connectivity index is 0.00000507. The van der Waals surface area contributed by atoms with Crippen molar-refractivity contribution in [2.45, 2.75) is 63.5 Å². The fraction of sp³-hybridized carbons (Fsp3) is 0.423. The number of rotatable bonds is 7. The number of hydrogen-bond donors (Lipinski definition) is 2. The van der Waals surface area contributed by atoms with Crippen LogP contribution in [0.5, 0.6) is 0 Å². The van der Waals surface area contributed by atoms with Crippen LogP contribution >= 0.6 is 0 Å². The molecular weight excluding hydrogens is 537 g/mol. The van der Waals surface area contributed by atoms with E-state index in [1.165, 1.54) is 36.1 Å². The molecule has 2 aromatic carbocycles. The van der Waals surface area contributed by atoms with Gasteiger partial charge < -0.3 is 24.8 Å². The van der Waals surface area contributed by atoms with Gasteiger partial charge in [-0.05, 0) is 63.8 Å². The zero-order valence-electron chi connectivity index (χ0n) is 22.3. The summed E-state index contributed by atoms with van der Waals surface area (Å²) >= 11 is 0. The number of ether oxygens (including phenoxy) is 1. The molecule has 12 heteroatoms. The van der Waals surface area contributed by atoms with Crippen LogP contribution in [0, 0.1) is 0 Å². The van der Waals surface area contributed by atoms with Gasteiger partial charge in [-0.15, -0.1) is 0 Å². The first-order valence-electron chi connectivity index (χ1n) is 11.9. The smallest absolute Gasteiger partial charge is 0.747 e. The Morgan fingerprint density at radius 3 is 2.34 bits per heavy atom. The zero-order chi connectivity index (χ0) is 27.4. The molecule has 2 N–H and O–H groups in total. The number of carbonyl (C=O) groups excluding carboxylic acids is 3. The largest absolute Gasteiger partial charge is 1.00 e. The van der Waals surface area contributed by atoms with Gasteiger partial charge in [0.25, 0.3) is 0 Å². The van der Waals surface area contributed by atoms with Crippen LogP contribution < -0.4 is 62.0 Å². The van der Waals surface area contributed by atoms with E-state index in [2.05, 4.69) is 10.6 Å². The molecular formula is C26H32KN3O7S. The number of urea groups is 1. The zero-order valence-corrected chi connectivity index (χ0v) is 26.2. The van der Waals surface area contributed by atoms with Crippen molar-refractivity contribution in [2.75, 3.05) is 11.9 Å². The Hall–Kier alpha value is -1.80. The minimum atomic E-state index is -4.55. The molecule has 1 aliphatic heterocycles. The van der Waals surface area contributed by atoms with Crippen LogP contribution in [0.1, 0.15) is 63.0 Å². The number of benzene rings is 2. The van der Waals surface area contributed by atoms with Crippen LogP contribution in [0.4, 0.5) is 10.5 Å². The Bertz CT molecular complexity index is 1250. The SMILES string of the molecule is CC(c1cccc(NC(=O)NCC(=O)N2C(C(=O)OC(C)(C)C)CCC2c2ccccc2)c1)S(=O)(=O)[O-].[K+]. The summed E-state index contributed by atoms with van der Waals surface area (Å²) in [6.07, 6.45) is 0.999. The molecule has 0 bridgehead atoms. The van der Waals surface area contributed by atoms with E-state index in [1.807, 2.05) is 30.3 Å². The van der Waals surface area contributed by atoms with Gasteiger partial charge in [0, 0.05) is 5.69 Å². The third kappa shape index (κ3) is 8.87. The van der Waals surface area contributed by atoms with E-state index in [1.54, 1.807) is 20.8 Å². The van der Waals surface area contributed by atoms with E-state index in [4.69, 9.17) is 4.74 Å². The quantitative estimate of drug-likeness (QED) is 0.281. The van der Waals surface area contributed by atoms with Gasteiger partial charge in [-0.3, -0.25) is 4.79 Å². The van der Waals surface area contributed by atoms with Gasteiger partial charge in [0.2, 0.25) is 5.91 Å². The molecule has 3 amide bonds. The van der Waals surface area contributed by atoms with Crippen molar-refractivity contribution in [3.8, 4) is 0 Å². The van der Waals surface area contributed by atoms with E-state index in [0.717, 1.165) is 5.56 Å². The molecule has 38 heavy (non-hydrogen) atoms. The second kappa shape index (κ2) is 13.5. The average Bonchev–Trinajstić information content (AvgIpc) is 3.27. The van der Waals surface area contributed by atoms with Gasteiger partial charge in [-0.1, -0.05) is 42.5 Å². The maximum atomic E-state index is 13.3. The average molecular weight is 570 g/mol. The number of anilines is 1. The summed E-state index contributed by atoms with van der Waals surface area (Å²) in [7, 11) is -4.55. The molecule has 1 heterocycles. The molecule has 2 aromatic rings. The van der Waals surface area contributed by atoms with Gasteiger partial charge in [-0.25, -0.2) is 18.0 Å². The van der Waals surface area contributed by atoms with Crippen molar-refractivity contribution in [3.63, 3.8) is 0 Å². The second-order valence-electron chi connectivity index (χ2n) is 9.92. The van der Waals surface area contributed by atoms with E-state index < -0.39 is 44.9 Å². The molecule has 1 aliphatic rings. The summed E-state index contributed by atoms with van der Waals surface area (Å²) in [5.41, 5.74) is 0.650. The summed E-state index contributed by atoms with van der Waals surface area (Å²) in [5.74, 6) is -0.944. The van der Waals surface area contributed by atoms with Crippen LogP contribution in [0.3, 0.4) is 0 Å². The Morgan fingerprint density at radius 2 is 1.74 bits per heavy atom. The Kier molecular flexibility index (Phi) is 11.5. The Morgan fingerprint density at radius 1 is 1.08 bits per heavy atom. The van der Waals surface area contributed by atoms with Gasteiger partial charge in [0.15, 0.2) is 0 Å². The number of amides is 3. The molecule has 1 saturated heterocycles. The number of hydrogen-bond acceptors (Lipinski definition) is 7. The van der Waals surface area contributed by atoms with E-state index in [-0.39, 0.29) is 75.2 Å². The van der Waals surface area contributed by atoms with Gasteiger partial charge in [0.05, 0.1) is 17.8 Å². The number of likely N-dealkylation sites (tertiary alicyclic amines) is 1. The van der Waals surface area contributed by atoms with E-state index in [9.17, 15) is 27.4 Å². The van der Waals surface area contributed by atoms with Gasteiger partial charge >= 0.3 is 63.4 Å². The summed E-state index contributed by atoms with van der Waals surface area (Å²) < 4.78 is 39.5. The maximum Gasteiger partial charge on any atom is 1.00 e. The van der Waals surface area contributed by atoms with Crippen molar-refractivity contribution in [1.82, 2.24) is 10.2 Å². The van der Waals surface area contributed by atoms with Crippen molar-refractivity contribution >= 4 is 33.7 Å². The Labute approximate surface area is 266 Å². The molecule has 0 radical (unpaired) electrons. The van der Waals surface area contributed by atoms with Crippen molar-refractivity contribution < 1.29 is 83.5 Å². The van der Waals surface area contributed by atoms with Crippen LogP contribution in [0.25, 0.3) is 0 Å². The first kappa shape index (κ1) is 32.4. The third-order valence-electron chi connectivity index (χ3n) is 5.98. The summed E-state index contributed by atoms with van der Waals surface area (Å²) in [5, 5.41) is 3.74. The number of carbonyl (C=O) groups is 3. The summed E-state index contributed by atoms with van der Waals surface area (Å²) in [6.45, 7) is 6.17. The predicted molar refractivity (Wildman–Crippen MR) is 136 cm³/mol. The standard InChI is InChI=1S/C26H33N3O7S.K/c1-17(37(33,34)35)19-11-8-12-20(15-19)28-25(32)27-16-23(30)29-21(18-9-6-5-7-10-18)13-14-22(29)24(31)36-26(2,3)4;/h5-12,15,17,21-22H,13-14,16H2,1-4H3,(H2,27,28,32)(H,33,34,35);/q;+1/p-1. The topological polar surface area (TPSA) is 145 Å². The van der Waals surface area contributed by atoms with Gasteiger partial charge in [0.1, 0.15) is 21.8 Å². The molecule has 1 fully saturated rings. The summed E-state index contributed by atoms with van der Waals surface area (Å²) in [4.78, 5) is 40.2. The van der Waals surface area contributed by atoms with Crippen LogP contribution in [-0.2, 0) is 24.4 Å². The van der Waals surface area contributed by atoms with Gasteiger partial charge in [-0.2, -0.15) is 0 Å². The second-order valence-corrected chi connectivity index (χ2v) is 11.6. The van der Waals surface area contributed by atoms with Crippen LogP contribution in [-0.4, -0.2) is 54.0 Å². The fourth-order valence-electron chi connectivity index (χ4n) is 4.22.